The SMILES string of the molecule is C#C/N=C(\OC)N1CC2(C[C@H](N3CCC(c4ccccc4C4CCOCC4)CC3)CO2)C1. The van der Waals surface area contributed by atoms with Crippen LogP contribution in [0.1, 0.15) is 55.1 Å². The molecule has 1 spiro atoms. The van der Waals surface area contributed by atoms with Gasteiger partial charge in [0.1, 0.15) is 5.60 Å². The van der Waals surface area contributed by atoms with Crippen molar-refractivity contribution in [2.45, 2.75) is 55.6 Å². The quantitative estimate of drug-likeness (QED) is 0.413. The Kier molecular flexibility index (Phi) is 6.41. The van der Waals surface area contributed by atoms with Gasteiger partial charge in [0.15, 0.2) is 0 Å². The maximum atomic E-state index is 6.30. The van der Waals surface area contributed by atoms with Gasteiger partial charge in [0.2, 0.25) is 0 Å². The fourth-order valence-corrected chi connectivity index (χ4v) is 6.20. The van der Waals surface area contributed by atoms with E-state index < -0.39 is 0 Å². The van der Waals surface area contributed by atoms with E-state index in [1.54, 1.807) is 18.2 Å². The number of amidine groups is 1. The molecule has 172 valence electrons. The van der Waals surface area contributed by atoms with E-state index in [0.717, 1.165) is 65.3 Å². The Balaban J connectivity index is 1.16. The van der Waals surface area contributed by atoms with Gasteiger partial charge in [0, 0.05) is 25.3 Å². The molecular weight excluding hydrogens is 402 g/mol. The fourth-order valence-electron chi connectivity index (χ4n) is 6.20. The molecule has 0 unspecified atom stereocenters. The molecule has 1 atom stereocenters. The van der Waals surface area contributed by atoms with Gasteiger partial charge in [-0.15, -0.1) is 4.99 Å². The molecule has 4 heterocycles. The first-order chi connectivity index (χ1) is 15.7. The first-order valence-corrected chi connectivity index (χ1v) is 12.1. The van der Waals surface area contributed by atoms with Gasteiger partial charge in [-0.1, -0.05) is 30.7 Å². The molecule has 6 heteroatoms. The molecule has 0 amide bonds. The zero-order valence-electron chi connectivity index (χ0n) is 19.2. The summed E-state index contributed by atoms with van der Waals surface area (Å²) >= 11 is 0. The van der Waals surface area contributed by atoms with Crippen molar-refractivity contribution < 1.29 is 14.2 Å². The second kappa shape index (κ2) is 9.43. The Hall–Kier alpha value is -2.07. The van der Waals surface area contributed by atoms with Gasteiger partial charge in [-0.3, -0.25) is 4.90 Å². The van der Waals surface area contributed by atoms with Gasteiger partial charge in [0.25, 0.3) is 0 Å². The summed E-state index contributed by atoms with van der Waals surface area (Å²) in [5.41, 5.74) is 3.10. The number of hydrogen-bond acceptors (Lipinski definition) is 5. The number of terminal acetylenes is 1. The van der Waals surface area contributed by atoms with E-state index in [4.69, 9.17) is 20.6 Å². The standard InChI is InChI=1S/C26H35N3O3/c1-3-27-25(30-2)29-18-26(19-29)16-22(17-32-26)28-12-8-20(9-13-28)23-6-4-5-7-24(23)21-10-14-31-15-11-21/h1,4-7,20-22H,8-19H2,2H3/b27-25-/t22-/m0/s1. The maximum absolute atomic E-state index is 6.30. The summed E-state index contributed by atoms with van der Waals surface area (Å²) in [5, 5.41) is 0. The molecule has 32 heavy (non-hydrogen) atoms. The average Bonchev–Trinajstić information content (AvgIpc) is 3.28. The number of aliphatic imine (C=N–C) groups is 1. The van der Waals surface area contributed by atoms with E-state index >= 15 is 0 Å². The number of hydrogen-bond donors (Lipinski definition) is 0. The smallest absolute Gasteiger partial charge is 0.300 e. The number of rotatable bonds is 3. The van der Waals surface area contributed by atoms with Crippen molar-refractivity contribution >= 4 is 6.02 Å². The molecule has 0 aromatic heterocycles. The van der Waals surface area contributed by atoms with E-state index in [0.29, 0.717) is 23.9 Å². The van der Waals surface area contributed by atoms with Crippen molar-refractivity contribution in [3.63, 3.8) is 0 Å². The van der Waals surface area contributed by atoms with E-state index in [1.165, 1.54) is 12.8 Å². The van der Waals surface area contributed by atoms with E-state index in [2.05, 4.69) is 45.1 Å². The number of likely N-dealkylation sites (tertiary alicyclic amines) is 2. The summed E-state index contributed by atoms with van der Waals surface area (Å²) in [4.78, 5) is 8.72. The van der Waals surface area contributed by atoms with Crippen LogP contribution in [0.5, 0.6) is 0 Å². The van der Waals surface area contributed by atoms with Crippen LogP contribution in [0, 0.1) is 12.5 Å². The second-order valence-corrected chi connectivity index (χ2v) is 9.76. The van der Waals surface area contributed by atoms with Crippen molar-refractivity contribution in [1.29, 1.82) is 0 Å². The summed E-state index contributed by atoms with van der Waals surface area (Å²) in [6, 6.07) is 12.5. The van der Waals surface area contributed by atoms with Crippen LogP contribution in [-0.2, 0) is 14.2 Å². The van der Waals surface area contributed by atoms with Crippen LogP contribution >= 0.6 is 0 Å². The molecule has 5 rings (SSSR count). The van der Waals surface area contributed by atoms with Crippen LogP contribution in [0.25, 0.3) is 0 Å². The molecule has 1 aromatic rings. The van der Waals surface area contributed by atoms with Crippen LogP contribution in [0.3, 0.4) is 0 Å². The molecular formula is C26H35N3O3. The summed E-state index contributed by atoms with van der Waals surface area (Å²) in [6.45, 7) is 6.56. The lowest BCUT2D eigenvalue weighted by Gasteiger charge is -2.47. The highest BCUT2D eigenvalue weighted by atomic mass is 16.5. The fraction of sp³-hybridized carbons (Fsp3) is 0.654. The predicted octanol–water partition coefficient (Wildman–Crippen LogP) is 3.20. The molecule has 0 aliphatic carbocycles. The summed E-state index contributed by atoms with van der Waals surface area (Å²) in [5.74, 6) is 1.34. The minimum absolute atomic E-state index is 0.0644. The topological polar surface area (TPSA) is 46.5 Å². The van der Waals surface area contributed by atoms with Crippen molar-refractivity contribution in [3.8, 4) is 12.5 Å². The average molecular weight is 438 g/mol. The van der Waals surface area contributed by atoms with Gasteiger partial charge >= 0.3 is 6.02 Å². The lowest BCUT2D eigenvalue weighted by molar-refractivity contribution is -0.0898. The van der Waals surface area contributed by atoms with E-state index in [9.17, 15) is 0 Å². The van der Waals surface area contributed by atoms with Crippen LogP contribution in [-0.4, -0.2) is 80.6 Å². The molecule has 4 saturated heterocycles. The minimum Gasteiger partial charge on any atom is -0.468 e. The van der Waals surface area contributed by atoms with Crippen molar-refractivity contribution in [1.82, 2.24) is 9.80 Å². The molecule has 0 bridgehead atoms. The lowest BCUT2D eigenvalue weighted by Crippen LogP contribution is -2.63. The Morgan fingerprint density at radius 1 is 1.09 bits per heavy atom. The molecule has 1 aromatic carbocycles. The molecule has 0 radical (unpaired) electrons. The zero-order valence-corrected chi connectivity index (χ0v) is 19.2. The van der Waals surface area contributed by atoms with Crippen molar-refractivity contribution in [2.24, 2.45) is 4.99 Å². The normalized spacial score (nSPS) is 27.3. The second-order valence-electron chi connectivity index (χ2n) is 9.76. The highest BCUT2D eigenvalue weighted by Crippen LogP contribution is 2.41. The van der Waals surface area contributed by atoms with Crippen LogP contribution < -0.4 is 0 Å². The Bertz CT molecular complexity index is 859. The van der Waals surface area contributed by atoms with Crippen LogP contribution in [0.15, 0.2) is 29.3 Å². The number of ether oxygens (including phenoxy) is 3. The first kappa shape index (κ1) is 21.8. The zero-order chi connectivity index (χ0) is 22.0. The van der Waals surface area contributed by atoms with Crippen LogP contribution in [0.2, 0.25) is 0 Å². The van der Waals surface area contributed by atoms with Gasteiger partial charge in [-0.25, -0.2) is 0 Å². The third kappa shape index (κ3) is 4.26. The molecule has 0 saturated carbocycles. The third-order valence-corrected chi connectivity index (χ3v) is 7.90. The van der Waals surface area contributed by atoms with E-state index in [-0.39, 0.29) is 5.60 Å². The van der Waals surface area contributed by atoms with Crippen molar-refractivity contribution in [2.75, 3.05) is 53.1 Å². The largest absolute Gasteiger partial charge is 0.468 e. The number of benzene rings is 1. The highest BCUT2D eigenvalue weighted by molar-refractivity contribution is 5.76. The molecule has 4 aliphatic rings. The number of nitrogens with zero attached hydrogens (tertiary/aromatic N) is 3. The van der Waals surface area contributed by atoms with Gasteiger partial charge in [-0.05, 0) is 68.2 Å². The first-order valence-electron chi connectivity index (χ1n) is 12.1. The van der Waals surface area contributed by atoms with Gasteiger partial charge in [-0.2, -0.15) is 0 Å². The Morgan fingerprint density at radius 2 is 1.75 bits per heavy atom. The van der Waals surface area contributed by atoms with Gasteiger partial charge in [0.05, 0.1) is 26.8 Å². The number of methoxy groups -OCH3 is 1. The Labute approximate surface area is 191 Å². The minimum atomic E-state index is -0.0644. The molecule has 6 nitrogen and oxygen atoms in total. The lowest BCUT2D eigenvalue weighted by atomic mass is 9.80. The van der Waals surface area contributed by atoms with Crippen LogP contribution in [0.4, 0.5) is 0 Å². The Morgan fingerprint density at radius 3 is 2.38 bits per heavy atom. The molecule has 4 aliphatic heterocycles. The summed E-state index contributed by atoms with van der Waals surface area (Å²) < 4.78 is 17.2. The number of piperidine rings is 1. The summed E-state index contributed by atoms with van der Waals surface area (Å²) in [7, 11) is 1.61. The monoisotopic (exact) mass is 437 g/mol. The molecule has 4 fully saturated rings. The predicted molar refractivity (Wildman–Crippen MR) is 125 cm³/mol. The van der Waals surface area contributed by atoms with Crippen molar-refractivity contribution in [3.05, 3.63) is 35.4 Å². The third-order valence-electron chi connectivity index (χ3n) is 7.90. The highest BCUT2D eigenvalue weighted by Gasteiger charge is 2.52. The van der Waals surface area contributed by atoms with Gasteiger partial charge < -0.3 is 19.1 Å². The molecule has 0 N–H and O–H groups in total. The van der Waals surface area contributed by atoms with E-state index in [1.807, 2.05) is 0 Å². The maximum Gasteiger partial charge on any atom is 0.300 e. The summed E-state index contributed by atoms with van der Waals surface area (Å²) in [6.07, 6.45) is 11.2.